The summed E-state index contributed by atoms with van der Waals surface area (Å²) < 4.78 is 29.2. The molecule has 0 spiro atoms. The maximum Gasteiger partial charge on any atom is 0.319 e. The van der Waals surface area contributed by atoms with Crippen LogP contribution in [0, 0.1) is 0 Å². The lowest BCUT2D eigenvalue weighted by atomic mass is 10.4. The van der Waals surface area contributed by atoms with Gasteiger partial charge in [-0.05, 0) is 0 Å². The summed E-state index contributed by atoms with van der Waals surface area (Å²) in [6.07, 6.45) is 0. The first kappa shape index (κ1) is 27.7. The molecule has 0 atom stereocenters. The molecule has 0 aromatic carbocycles. The Morgan fingerprint density at radius 3 is 1.00 bits per heavy atom. The summed E-state index contributed by atoms with van der Waals surface area (Å²) in [5.74, 6) is -1.87. The normalized spacial score (nSPS) is 10.7. The van der Waals surface area contributed by atoms with Crippen molar-refractivity contribution in [2.24, 2.45) is 0 Å². The van der Waals surface area contributed by atoms with Gasteiger partial charge in [-0.1, -0.05) is 0 Å². The molecule has 0 aromatic rings. The van der Waals surface area contributed by atoms with Gasteiger partial charge in [-0.2, -0.15) is 0 Å². The highest BCUT2D eigenvalue weighted by Gasteiger charge is 2.16. The molecule has 0 N–H and O–H groups in total. The molecular weight excluding hydrogens is 404 g/mol. The maximum absolute atomic E-state index is 11.4. The molecule has 0 aliphatic rings. The summed E-state index contributed by atoms with van der Waals surface area (Å²) in [5, 5.41) is 0. The third kappa shape index (κ3) is 14.7. The first-order chi connectivity index (χ1) is 14.4. The van der Waals surface area contributed by atoms with Gasteiger partial charge in [-0.15, -0.1) is 0 Å². The standard InChI is InChI=1S/C18H32N2O10/c1-25-15(21)11-19(12-16(22)26-2)5-7-29-9-10-30-8-6-20(13-17(23)27-3)14-18(24)28-4/h5-14H2,1-4H3. The van der Waals surface area contributed by atoms with E-state index in [2.05, 4.69) is 18.9 Å². The lowest BCUT2D eigenvalue weighted by Crippen LogP contribution is -2.38. The van der Waals surface area contributed by atoms with E-state index >= 15 is 0 Å². The number of esters is 4. The van der Waals surface area contributed by atoms with E-state index in [-0.39, 0.29) is 52.6 Å². The molecule has 0 rings (SSSR count). The Morgan fingerprint density at radius 2 is 0.767 bits per heavy atom. The summed E-state index contributed by atoms with van der Waals surface area (Å²) in [6, 6.07) is 0. The van der Waals surface area contributed by atoms with Gasteiger partial charge in [-0.25, -0.2) is 0 Å². The second-order valence-electron chi connectivity index (χ2n) is 5.95. The fourth-order valence-corrected chi connectivity index (χ4v) is 2.13. The number of rotatable bonds is 17. The Hall–Kier alpha value is -2.28. The molecule has 0 saturated heterocycles. The summed E-state index contributed by atoms with van der Waals surface area (Å²) in [6.45, 7) is 1.57. The fourth-order valence-electron chi connectivity index (χ4n) is 2.13. The molecule has 0 aliphatic heterocycles. The van der Waals surface area contributed by atoms with Crippen LogP contribution >= 0.6 is 0 Å². The molecule has 0 aliphatic carbocycles. The Labute approximate surface area is 176 Å². The second-order valence-corrected chi connectivity index (χ2v) is 5.95. The molecule has 0 fully saturated rings. The summed E-state index contributed by atoms with van der Waals surface area (Å²) >= 11 is 0. The Bertz CT molecular complexity index is 447. The lowest BCUT2D eigenvalue weighted by Gasteiger charge is -2.20. The van der Waals surface area contributed by atoms with Crippen LogP contribution in [0.25, 0.3) is 0 Å². The van der Waals surface area contributed by atoms with E-state index in [4.69, 9.17) is 9.47 Å². The lowest BCUT2D eigenvalue weighted by molar-refractivity contribution is -0.147. The average molecular weight is 436 g/mol. The van der Waals surface area contributed by atoms with E-state index in [9.17, 15) is 19.2 Å². The highest BCUT2D eigenvalue weighted by Crippen LogP contribution is 1.94. The molecule has 12 heteroatoms. The quantitative estimate of drug-likeness (QED) is 0.147. The number of ether oxygens (including phenoxy) is 6. The number of nitrogens with zero attached hydrogens (tertiary/aromatic N) is 2. The monoisotopic (exact) mass is 436 g/mol. The molecule has 0 unspecified atom stereocenters. The molecule has 174 valence electrons. The predicted molar refractivity (Wildman–Crippen MR) is 103 cm³/mol. The number of hydrogen-bond acceptors (Lipinski definition) is 12. The minimum Gasteiger partial charge on any atom is -0.468 e. The van der Waals surface area contributed by atoms with E-state index in [1.54, 1.807) is 9.80 Å². The van der Waals surface area contributed by atoms with Crippen molar-refractivity contribution in [2.45, 2.75) is 0 Å². The number of carbonyl (C=O) groups excluding carboxylic acids is 4. The van der Waals surface area contributed by atoms with Crippen molar-refractivity contribution in [1.29, 1.82) is 0 Å². The molecule has 0 radical (unpaired) electrons. The molecule has 0 heterocycles. The van der Waals surface area contributed by atoms with Crippen LogP contribution < -0.4 is 0 Å². The van der Waals surface area contributed by atoms with Gasteiger partial charge in [-0.3, -0.25) is 29.0 Å². The third-order valence-corrected chi connectivity index (χ3v) is 3.80. The van der Waals surface area contributed by atoms with Gasteiger partial charge in [0.2, 0.25) is 0 Å². The SMILES string of the molecule is COC(=O)CN(CCOCCOCCN(CC(=O)OC)CC(=O)OC)CC(=O)OC. The van der Waals surface area contributed by atoms with Gasteiger partial charge in [0.15, 0.2) is 0 Å². The summed E-state index contributed by atoms with van der Waals surface area (Å²) in [7, 11) is 5.07. The van der Waals surface area contributed by atoms with Gasteiger partial charge >= 0.3 is 23.9 Å². The molecular formula is C18H32N2O10. The topological polar surface area (TPSA) is 130 Å². The van der Waals surface area contributed by atoms with E-state index in [1.807, 2.05) is 0 Å². The Balaban J connectivity index is 4.07. The van der Waals surface area contributed by atoms with Crippen molar-refractivity contribution in [3.05, 3.63) is 0 Å². The number of methoxy groups -OCH3 is 4. The van der Waals surface area contributed by atoms with Crippen molar-refractivity contribution in [3.8, 4) is 0 Å². The van der Waals surface area contributed by atoms with Crippen LogP contribution in [0.2, 0.25) is 0 Å². The summed E-state index contributed by atoms with van der Waals surface area (Å²) in [5.41, 5.74) is 0. The van der Waals surface area contributed by atoms with Gasteiger partial charge in [0.05, 0.1) is 81.0 Å². The zero-order valence-corrected chi connectivity index (χ0v) is 18.0. The average Bonchev–Trinajstić information content (AvgIpc) is 2.74. The van der Waals surface area contributed by atoms with Crippen molar-refractivity contribution in [2.75, 3.05) is 94.1 Å². The minimum absolute atomic E-state index is 0.0539. The number of carbonyl (C=O) groups is 4. The first-order valence-corrected chi connectivity index (χ1v) is 9.23. The first-order valence-electron chi connectivity index (χ1n) is 9.23. The van der Waals surface area contributed by atoms with E-state index < -0.39 is 23.9 Å². The molecule has 0 saturated carbocycles. The highest BCUT2D eigenvalue weighted by molar-refractivity contribution is 5.75. The highest BCUT2D eigenvalue weighted by atomic mass is 16.5. The molecule has 0 aromatic heterocycles. The second kappa shape index (κ2) is 17.6. The summed E-state index contributed by atoms with van der Waals surface area (Å²) in [4.78, 5) is 48.7. The van der Waals surface area contributed by atoms with Crippen LogP contribution in [0.15, 0.2) is 0 Å². The minimum atomic E-state index is -0.467. The fraction of sp³-hybridized carbons (Fsp3) is 0.778. The van der Waals surface area contributed by atoms with Gasteiger partial charge in [0, 0.05) is 13.1 Å². The Kier molecular flexibility index (Phi) is 16.2. The number of hydrogen-bond donors (Lipinski definition) is 0. The van der Waals surface area contributed by atoms with E-state index in [1.165, 1.54) is 28.4 Å². The molecule has 0 bridgehead atoms. The predicted octanol–water partition coefficient (Wildman–Crippen LogP) is -1.68. The zero-order valence-electron chi connectivity index (χ0n) is 18.0. The van der Waals surface area contributed by atoms with Crippen molar-refractivity contribution < 1.29 is 47.6 Å². The van der Waals surface area contributed by atoms with Gasteiger partial charge in [0.1, 0.15) is 0 Å². The smallest absolute Gasteiger partial charge is 0.319 e. The van der Waals surface area contributed by atoms with Gasteiger partial charge in [0.25, 0.3) is 0 Å². The van der Waals surface area contributed by atoms with Crippen molar-refractivity contribution in [1.82, 2.24) is 9.80 Å². The third-order valence-electron chi connectivity index (χ3n) is 3.80. The molecule has 12 nitrogen and oxygen atoms in total. The van der Waals surface area contributed by atoms with E-state index in [0.29, 0.717) is 13.1 Å². The van der Waals surface area contributed by atoms with Crippen LogP contribution in [0.3, 0.4) is 0 Å². The van der Waals surface area contributed by atoms with Crippen LogP contribution in [0.4, 0.5) is 0 Å². The van der Waals surface area contributed by atoms with E-state index in [0.717, 1.165) is 0 Å². The van der Waals surface area contributed by atoms with Crippen LogP contribution in [0.1, 0.15) is 0 Å². The Morgan fingerprint density at radius 1 is 0.500 bits per heavy atom. The van der Waals surface area contributed by atoms with Crippen molar-refractivity contribution >= 4 is 23.9 Å². The van der Waals surface area contributed by atoms with Gasteiger partial charge < -0.3 is 28.4 Å². The largest absolute Gasteiger partial charge is 0.468 e. The zero-order chi connectivity index (χ0) is 22.8. The molecule has 30 heavy (non-hydrogen) atoms. The van der Waals surface area contributed by atoms with Crippen LogP contribution in [0.5, 0.6) is 0 Å². The maximum atomic E-state index is 11.4. The van der Waals surface area contributed by atoms with Crippen molar-refractivity contribution in [3.63, 3.8) is 0 Å². The van der Waals surface area contributed by atoms with Crippen LogP contribution in [-0.4, -0.2) is 128 Å². The van der Waals surface area contributed by atoms with Crippen LogP contribution in [-0.2, 0) is 47.6 Å². The molecule has 0 amide bonds.